The first-order valence-electron chi connectivity index (χ1n) is 5.29. The minimum Gasteiger partial charge on any atom is -0.464 e. The summed E-state index contributed by atoms with van der Waals surface area (Å²) in [7, 11) is 4.90. The molecule has 1 aromatic heterocycles. The Kier molecular flexibility index (Phi) is 5.35. The van der Waals surface area contributed by atoms with E-state index in [4.69, 9.17) is 4.74 Å². The van der Waals surface area contributed by atoms with Crippen molar-refractivity contribution >= 4 is 11.8 Å². The van der Waals surface area contributed by atoms with E-state index in [-0.39, 0.29) is 5.69 Å². The molecule has 1 rings (SSSR count). The molecule has 0 saturated heterocycles. The zero-order valence-corrected chi connectivity index (χ0v) is 10.3. The highest BCUT2D eigenvalue weighted by Crippen LogP contribution is 2.07. The largest absolute Gasteiger partial charge is 0.464 e. The second-order valence-electron chi connectivity index (χ2n) is 3.52. The second-order valence-corrected chi connectivity index (χ2v) is 3.52. The number of hydrogen-bond acceptors (Lipinski definition) is 6. The Morgan fingerprint density at radius 3 is 2.65 bits per heavy atom. The molecule has 0 unspecified atom stereocenters. The predicted molar refractivity (Wildman–Crippen MR) is 63.1 cm³/mol. The van der Waals surface area contributed by atoms with E-state index >= 15 is 0 Å². The summed E-state index contributed by atoms with van der Waals surface area (Å²) in [6.45, 7) is 1.53. The summed E-state index contributed by atoms with van der Waals surface area (Å²) < 4.78 is 9.51. The average Bonchev–Trinajstić information content (AvgIpc) is 2.38. The highest BCUT2D eigenvalue weighted by atomic mass is 16.5. The first kappa shape index (κ1) is 13.4. The third-order valence-electron chi connectivity index (χ3n) is 2.27. The highest BCUT2D eigenvalue weighted by Gasteiger charge is 2.08. The first-order valence-corrected chi connectivity index (χ1v) is 5.29. The highest BCUT2D eigenvalue weighted by molar-refractivity contribution is 5.86. The molecule has 94 valence electrons. The fraction of sp³-hybridized carbons (Fsp3) is 0.545. The number of esters is 1. The third-order valence-corrected chi connectivity index (χ3v) is 2.27. The van der Waals surface area contributed by atoms with Gasteiger partial charge < -0.3 is 14.4 Å². The van der Waals surface area contributed by atoms with Crippen LogP contribution >= 0.6 is 0 Å². The van der Waals surface area contributed by atoms with E-state index < -0.39 is 5.97 Å². The van der Waals surface area contributed by atoms with Gasteiger partial charge in [0.2, 0.25) is 0 Å². The maximum atomic E-state index is 11.2. The van der Waals surface area contributed by atoms with Crippen molar-refractivity contribution in [2.24, 2.45) is 0 Å². The number of methoxy groups -OCH3 is 2. The second kappa shape index (κ2) is 6.80. The van der Waals surface area contributed by atoms with E-state index in [0.717, 1.165) is 13.0 Å². The molecule has 0 radical (unpaired) electrons. The number of carbonyl (C=O) groups excluding carboxylic acids is 1. The van der Waals surface area contributed by atoms with Gasteiger partial charge in [0.05, 0.1) is 19.5 Å². The van der Waals surface area contributed by atoms with Crippen LogP contribution in [-0.2, 0) is 9.47 Å². The predicted octanol–water partition coefficient (Wildman–Crippen LogP) is 0.736. The van der Waals surface area contributed by atoms with Crippen LogP contribution in [-0.4, -0.2) is 50.4 Å². The molecule has 1 heterocycles. The maximum Gasteiger partial charge on any atom is 0.358 e. The Morgan fingerprint density at radius 1 is 1.35 bits per heavy atom. The molecule has 0 aromatic carbocycles. The van der Waals surface area contributed by atoms with Crippen molar-refractivity contribution in [3.63, 3.8) is 0 Å². The zero-order valence-electron chi connectivity index (χ0n) is 10.3. The van der Waals surface area contributed by atoms with Crippen LogP contribution in [0.1, 0.15) is 16.9 Å². The van der Waals surface area contributed by atoms with Crippen LogP contribution in [0.4, 0.5) is 5.82 Å². The van der Waals surface area contributed by atoms with Crippen LogP contribution in [0.5, 0.6) is 0 Å². The number of ether oxygens (including phenoxy) is 2. The van der Waals surface area contributed by atoms with Crippen molar-refractivity contribution < 1.29 is 14.3 Å². The normalized spacial score (nSPS) is 10.1. The molecule has 0 atom stereocenters. The molecule has 6 heteroatoms. The molecule has 0 aliphatic rings. The van der Waals surface area contributed by atoms with Crippen molar-refractivity contribution in [2.45, 2.75) is 6.42 Å². The van der Waals surface area contributed by atoms with E-state index in [1.165, 1.54) is 13.3 Å². The number of hydrogen-bond donors (Lipinski definition) is 0. The first-order chi connectivity index (χ1) is 8.19. The van der Waals surface area contributed by atoms with Gasteiger partial charge in [-0.1, -0.05) is 0 Å². The number of rotatable bonds is 6. The average molecular weight is 239 g/mol. The molecule has 0 N–H and O–H groups in total. The molecule has 0 amide bonds. The van der Waals surface area contributed by atoms with E-state index in [0.29, 0.717) is 12.4 Å². The Labute approximate surface area is 101 Å². The van der Waals surface area contributed by atoms with Crippen LogP contribution in [0.2, 0.25) is 0 Å². The van der Waals surface area contributed by atoms with Gasteiger partial charge in [-0.25, -0.2) is 14.8 Å². The molecular weight excluding hydrogens is 222 g/mol. The monoisotopic (exact) mass is 239 g/mol. The fourth-order valence-electron chi connectivity index (χ4n) is 1.29. The fourth-order valence-corrected chi connectivity index (χ4v) is 1.29. The quantitative estimate of drug-likeness (QED) is 0.539. The van der Waals surface area contributed by atoms with E-state index in [1.54, 1.807) is 13.3 Å². The van der Waals surface area contributed by atoms with Crippen molar-refractivity contribution in [1.29, 1.82) is 0 Å². The van der Waals surface area contributed by atoms with Crippen LogP contribution < -0.4 is 4.90 Å². The smallest absolute Gasteiger partial charge is 0.358 e. The number of aromatic nitrogens is 2. The van der Waals surface area contributed by atoms with Crippen molar-refractivity contribution in [3.8, 4) is 0 Å². The van der Waals surface area contributed by atoms with Gasteiger partial charge in [0.25, 0.3) is 0 Å². The van der Waals surface area contributed by atoms with Gasteiger partial charge in [-0.3, -0.25) is 0 Å². The molecule has 0 aliphatic carbocycles. The minimum absolute atomic E-state index is 0.210. The lowest BCUT2D eigenvalue weighted by atomic mass is 10.4. The molecular formula is C11H17N3O3. The van der Waals surface area contributed by atoms with Gasteiger partial charge in [-0.2, -0.15) is 0 Å². The topological polar surface area (TPSA) is 64.5 Å². The minimum atomic E-state index is -0.480. The summed E-state index contributed by atoms with van der Waals surface area (Å²) in [5.41, 5.74) is 0.210. The van der Waals surface area contributed by atoms with E-state index in [1.807, 2.05) is 11.9 Å². The van der Waals surface area contributed by atoms with Gasteiger partial charge in [-0.15, -0.1) is 0 Å². The summed E-state index contributed by atoms with van der Waals surface area (Å²) in [5.74, 6) is 0.236. The Morgan fingerprint density at radius 2 is 2.12 bits per heavy atom. The summed E-state index contributed by atoms with van der Waals surface area (Å²) in [4.78, 5) is 21.2. The molecule has 17 heavy (non-hydrogen) atoms. The summed E-state index contributed by atoms with van der Waals surface area (Å²) >= 11 is 0. The van der Waals surface area contributed by atoms with E-state index in [9.17, 15) is 4.79 Å². The standard InChI is InChI=1S/C11H17N3O3/c1-14(5-4-6-16-2)10-8-12-9(7-13-10)11(15)17-3/h7-8H,4-6H2,1-3H3. The third kappa shape index (κ3) is 3.99. The van der Waals surface area contributed by atoms with Gasteiger partial charge >= 0.3 is 5.97 Å². The number of nitrogens with zero attached hydrogens (tertiary/aromatic N) is 3. The summed E-state index contributed by atoms with van der Waals surface area (Å²) in [6, 6.07) is 0. The van der Waals surface area contributed by atoms with Crippen LogP contribution in [0, 0.1) is 0 Å². The molecule has 0 fully saturated rings. The van der Waals surface area contributed by atoms with Gasteiger partial charge in [0.1, 0.15) is 5.82 Å². The summed E-state index contributed by atoms with van der Waals surface area (Å²) in [6.07, 6.45) is 3.88. The van der Waals surface area contributed by atoms with Crippen LogP contribution in [0.15, 0.2) is 12.4 Å². The lowest BCUT2D eigenvalue weighted by Crippen LogP contribution is -2.21. The Balaban J connectivity index is 2.57. The molecule has 0 spiro atoms. The van der Waals surface area contributed by atoms with Crippen LogP contribution in [0.25, 0.3) is 0 Å². The van der Waals surface area contributed by atoms with Crippen LogP contribution in [0.3, 0.4) is 0 Å². The molecule has 0 bridgehead atoms. The maximum absolute atomic E-state index is 11.2. The van der Waals surface area contributed by atoms with E-state index in [2.05, 4.69) is 14.7 Å². The lowest BCUT2D eigenvalue weighted by Gasteiger charge is -2.17. The number of carbonyl (C=O) groups is 1. The number of anilines is 1. The Hall–Kier alpha value is -1.69. The summed E-state index contributed by atoms with van der Waals surface area (Å²) in [5, 5.41) is 0. The molecule has 1 aromatic rings. The zero-order chi connectivity index (χ0) is 12.7. The van der Waals surface area contributed by atoms with Gasteiger partial charge in [0, 0.05) is 27.3 Å². The molecule has 6 nitrogen and oxygen atoms in total. The SMILES string of the molecule is COCCCN(C)c1cnc(C(=O)OC)cn1. The molecule has 0 aliphatic heterocycles. The lowest BCUT2D eigenvalue weighted by molar-refractivity contribution is 0.0593. The Bertz CT molecular complexity index is 353. The van der Waals surface area contributed by atoms with Crippen molar-refractivity contribution in [1.82, 2.24) is 9.97 Å². The molecule has 0 saturated carbocycles. The van der Waals surface area contributed by atoms with Gasteiger partial charge in [0.15, 0.2) is 5.69 Å². The van der Waals surface area contributed by atoms with Crippen molar-refractivity contribution in [2.75, 3.05) is 39.3 Å². The van der Waals surface area contributed by atoms with Gasteiger partial charge in [-0.05, 0) is 6.42 Å². The van der Waals surface area contributed by atoms with Crippen molar-refractivity contribution in [3.05, 3.63) is 18.1 Å².